The van der Waals surface area contributed by atoms with E-state index in [9.17, 15) is 13.2 Å². The predicted molar refractivity (Wildman–Crippen MR) is 83.1 cm³/mol. The first kappa shape index (κ1) is 16.0. The third-order valence-corrected chi connectivity index (χ3v) is 4.49. The van der Waals surface area contributed by atoms with E-state index >= 15 is 0 Å². The van der Waals surface area contributed by atoms with E-state index in [0.717, 1.165) is 6.42 Å². The molecule has 1 aromatic carbocycles. The summed E-state index contributed by atoms with van der Waals surface area (Å²) < 4.78 is 27.2. The first-order chi connectivity index (χ1) is 10.4. The molecule has 1 heterocycles. The Morgan fingerprint density at radius 3 is 2.64 bits per heavy atom. The zero-order valence-electron chi connectivity index (χ0n) is 12.3. The minimum Gasteiger partial charge on any atom is -0.349 e. The Bertz CT molecular complexity index is 740. The molecule has 0 saturated heterocycles. The van der Waals surface area contributed by atoms with Gasteiger partial charge in [0.25, 0.3) is 15.9 Å². The number of carbonyl (C=O) groups is 1. The van der Waals surface area contributed by atoms with Crippen LogP contribution >= 0.6 is 0 Å². The number of nitrogens with zero attached hydrogens (tertiary/aromatic N) is 1. The lowest BCUT2D eigenvalue weighted by atomic mass is 10.2. The van der Waals surface area contributed by atoms with Crippen LogP contribution in [0.1, 0.15) is 30.6 Å². The van der Waals surface area contributed by atoms with E-state index in [-0.39, 0.29) is 16.6 Å². The number of carbonyl (C=O) groups excluding carboxylic acids is 1. The maximum Gasteiger partial charge on any atom is 0.279 e. The maximum atomic E-state index is 12.4. The van der Waals surface area contributed by atoms with Crippen molar-refractivity contribution in [2.75, 3.05) is 4.72 Å². The number of benzene rings is 1. The Kier molecular flexibility index (Phi) is 4.81. The topological polar surface area (TPSA) is 104 Å². The summed E-state index contributed by atoms with van der Waals surface area (Å²) in [6.07, 6.45) is 1.95. The van der Waals surface area contributed by atoms with Gasteiger partial charge in [0.1, 0.15) is 0 Å². The molecule has 0 aliphatic carbocycles. The van der Waals surface area contributed by atoms with Crippen molar-refractivity contribution in [2.45, 2.75) is 31.3 Å². The number of sulfonamides is 1. The lowest BCUT2D eigenvalue weighted by Crippen LogP contribution is -2.33. The van der Waals surface area contributed by atoms with Gasteiger partial charge in [-0.1, -0.05) is 25.1 Å². The highest BCUT2D eigenvalue weighted by Crippen LogP contribution is 2.17. The molecular formula is C14H18N4O3S. The van der Waals surface area contributed by atoms with Crippen LogP contribution in [-0.4, -0.2) is 30.6 Å². The fourth-order valence-electron chi connectivity index (χ4n) is 1.76. The zero-order valence-corrected chi connectivity index (χ0v) is 13.1. The van der Waals surface area contributed by atoms with Gasteiger partial charge in [0, 0.05) is 11.7 Å². The number of aromatic nitrogens is 2. The Morgan fingerprint density at radius 2 is 2.00 bits per heavy atom. The molecule has 7 nitrogen and oxygen atoms in total. The number of hydrogen-bond acceptors (Lipinski definition) is 4. The smallest absolute Gasteiger partial charge is 0.279 e. The van der Waals surface area contributed by atoms with Crippen molar-refractivity contribution < 1.29 is 13.2 Å². The minimum atomic E-state index is -3.92. The van der Waals surface area contributed by atoms with Crippen LogP contribution in [0.4, 0.5) is 5.69 Å². The van der Waals surface area contributed by atoms with Crippen LogP contribution in [-0.2, 0) is 10.0 Å². The molecule has 2 aromatic rings. The van der Waals surface area contributed by atoms with Crippen molar-refractivity contribution in [3.63, 3.8) is 0 Å². The van der Waals surface area contributed by atoms with Crippen LogP contribution < -0.4 is 10.0 Å². The fraction of sp³-hybridized carbons (Fsp3) is 0.286. The van der Waals surface area contributed by atoms with E-state index in [1.54, 1.807) is 30.3 Å². The van der Waals surface area contributed by atoms with Crippen molar-refractivity contribution in [2.24, 2.45) is 0 Å². The minimum absolute atomic E-state index is 0.0104. The average Bonchev–Trinajstić information content (AvgIpc) is 2.98. The largest absolute Gasteiger partial charge is 0.349 e. The van der Waals surface area contributed by atoms with Crippen molar-refractivity contribution in [1.82, 2.24) is 15.5 Å². The molecule has 0 bridgehead atoms. The summed E-state index contributed by atoms with van der Waals surface area (Å²) in [7, 11) is -3.92. The summed E-state index contributed by atoms with van der Waals surface area (Å²) in [6.45, 7) is 3.77. The Morgan fingerprint density at radius 1 is 1.32 bits per heavy atom. The highest BCUT2D eigenvalue weighted by atomic mass is 32.2. The highest BCUT2D eigenvalue weighted by Gasteiger charge is 2.25. The molecule has 22 heavy (non-hydrogen) atoms. The molecular weight excluding hydrogens is 304 g/mol. The zero-order chi connectivity index (χ0) is 16.2. The molecule has 1 atom stereocenters. The van der Waals surface area contributed by atoms with Crippen molar-refractivity contribution >= 4 is 21.6 Å². The van der Waals surface area contributed by atoms with E-state index in [2.05, 4.69) is 20.2 Å². The van der Waals surface area contributed by atoms with Gasteiger partial charge < -0.3 is 5.32 Å². The Balaban J connectivity index is 2.26. The predicted octanol–water partition coefficient (Wildman–Crippen LogP) is 1.74. The van der Waals surface area contributed by atoms with Gasteiger partial charge in [-0.2, -0.15) is 13.5 Å². The SMILES string of the molecule is CC[C@H](C)NC(=O)c1cn[nH]c1S(=O)(=O)Nc1ccccc1. The van der Waals surface area contributed by atoms with Crippen molar-refractivity contribution in [3.8, 4) is 0 Å². The van der Waals surface area contributed by atoms with Crippen molar-refractivity contribution in [3.05, 3.63) is 42.1 Å². The van der Waals surface area contributed by atoms with Gasteiger partial charge in [-0.25, -0.2) is 0 Å². The molecule has 0 radical (unpaired) electrons. The van der Waals surface area contributed by atoms with Gasteiger partial charge in [0.2, 0.25) is 0 Å². The second-order valence-electron chi connectivity index (χ2n) is 4.87. The molecule has 118 valence electrons. The van der Waals surface area contributed by atoms with Gasteiger partial charge in [0.15, 0.2) is 5.03 Å². The summed E-state index contributed by atoms with van der Waals surface area (Å²) in [6, 6.07) is 8.38. The molecule has 1 aromatic heterocycles. The van der Waals surface area contributed by atoms with Crippen molar-refractivity contribution in [1.29, 1.82) is 0 Å². The molecule has 0 aliphatic rings. The number of para-hydroxylation sites is 1. The summed E-state index contributed by atoms with van der Waals surface area (Å²) in [5.41, 5.74) is 0.397. The standard InChI is InChI=1S/C14H18N4O3S/c1-3-10(2)16-13(19)12-9-15-17-14(12)22(20,21)18-11-7-5-4-6-8-11/h4-10,18H,3H2,1-2H3,(H,15,17)(H,16,19)/t10-/m0/s1. The number of amides is 1. The fourth-order valence-corrected chi connectivity index (χ4v) is 2.91. The van der Waals surface area contributed by atoms with E-state index in [4.69, 9.17) is 0 Å². The third-order valence-electron chi connectivity index (χ3n) is 3.13. The van der Waals surface area contributed by atoms with Gasteiger partial charge >= 0.3 is 0 Å². The van der Waals surface area contributed by atoms with E-state index in [1.807, 2.05) is 13.8 Å². The van der Waals surface area contributed by atoms with Gasteiger partial charge in [-0.15, -0.1) is 0 Å². The number of aromatic amines is 1. The van der Waals surface area contributed by atoms with Gasteiger partial charge in [-0.3, -0.25) is 14.6 Å². The molecule has 0 fully saturated rings. The molecule has 2 rings (SSSR count). The van der Waals surface area contributed by atoms with E-state index < -0.39 is 15.9 Å². The Labute approximate surface area is 129 Å². The lowest BCUT2D eigenvalue weighted by Gasteiger charge is -2.12. The molecule has 3 N–H and O–H groups in total. The summed E-state index contributed by atoms with van der Waals surface area (Å²) >= 11 is 0. The molecule has 0 spiro atoms. The lowest BCUT2D eigenvalue weighted by molar-refractivity contribution is 0.0936. The van der Waals surface area contributed by atoms with Crippen LogP contribution in [0, 0.1) is 0 Å². The molecule has 0 unspecified atom stereocenters. The van der Waals surface area contributed by atoms with E-state index in [1.165, 1.54) is 6.20 Å². The molecule has 1 amide bonds. The Hall–Kier alpha value is -2.35. The summed E-state index contributed by atoms with van der Waals surface area (Å²) in [5, 5.41) is 8.52. The first-order valence-corrected chi connectivity index (χ1v) is 8.34. The van der Waals surface area contributed by atoms with Crippen LogP contribution in [0.3, 0.4) is 0 Å². The number of hydrogen-bond donors (Lipinski definition) is 3. The number of anilines is 1. The van der Waals surface area contributed by atoms with Crippen LogP contribution in [0.25, 0.3) is 0 Å². The summed E-state index contributed by atoms with van der Waals surface area (Å²) in [5.74, 6) is -0.475. The van der Waals surface area contributed by atoms with Crippen LogP contribution in [0.5, 0.6) is 0 Å². The summed E-state index contributed by atoms with van der Waals surface area (Å²) in [4.78, 5) is 12.1. The van der Waals surface area contributed by atoms with Gasteiger partial charge in [0.05, 0.1) is 11.8 Å². The maximum absolute atomic E-state index is 12.4. The first-order valence-electron chi connectivity index (χ1n) is 6.86. The van der Waals surface area contributed by atoms with Crippen LogP contribution in [0.15, 0.2) is 41.6 Å². The second-order valence-corrected chi connectivity index (χ2v) is 6.49. The quantitative estimate of drug-likeness (QED) is 0.753. The number of nitrogens with one attached hydrogen (secondary N) is 3. The average molecular weight is 322 g/mol. The second kappa shape index (κ2) is 6.61. The molecule has 8 heteroatoms. The number of rotatable bonds is 6. The monoisotopic (exact) mass is 322 g/mol. The molecule has 0 saturated carbocycles. The number of H-pyrrole nitrogens is 1. The normalized spacial score (nSPS) is 12.6. The van der Waals surface area contributed by atoms with E-state index in [0.29, 0.717) is 5.69 Å². The highest BCUT2D eigenvalue weighted by molar-refractivity contribution is 7.92. The third kappa shape index (κ3) is 3.64. The van der Waals surface area contributed by atoms with Gasteiger partial charge in [-0.05, 0) is 25.5 Å². The van der Waals surface area contributed by atoms with Crippen LogP contribution in [0.2, 0.25) is 0 Å². The molecule has 0 aliphatic heterocycles.